The molecule has 0 saturated heterocycles. The summed E-state index contributed by atoms with van der Waals surface area (Å²) in [5.41, 5.74) is 0.733. The first kappa shape index (κ1) is 14.8. The molecular weight excluding hydrogens is 254 g/mol. The summed E-state index contributed by atoms with van der Waals surface area (Å²) in [6.07, 6.45) is -0.256. The van der Waals surface area contributed by atoms with E-state index in [1.54, 1.807) is 39.2 Å². The number of halogens is 1. The fourth-order valence-electron chi connectivity index (χ4n) is 1.37. The Morgan fingerprint density at radius 2 is 2.17 bits per heavy atom. The Hall–Kier alpha value is -1.26. The number of carbonyl (C=O) groups excluding carboxylic acids is 1. The highest BCUT2D eigenvalue weighted by Gasteiger charge is 2.08. The minimum Gasteiger partial charge on any atom is -0.491 e. The molecule has 1 amide bonds. The van der Waals surface area contributed by atoms with Crippen LogP contribution >= 0.6 is 11.6 Å². The van der Waals surface area contributed by atoms with Gasteiger partial charge in [-0.25, -0.2) is 0 Å². The molecule has 1 rings (SSSR count). The number of rotatable bonds is 5. The van der Waals surface area contributed by atoms with Gasteiger partial charge in [-0.2, -0.15) is 0 Å². The first-order chi connectivity index (χ1) is 8.41. The quantitative estimate of drug-likeness (QED) is 0.894. The van der Waals surface area contributed by atoms with E-state index in [4.69, 9.17) is 16.3 Å². The maximum absolute atomic E-state index is 11.3. The summed E-state index contributed by atoms with van der Waals surface area (Å²) >= 11 is 6.02. The summed E-state index contributed by atoms with van der Waals surface area (Å²) in [4.78, 5) is 12.9. The molecule has 5 heteroatoms. The average molecular weight is 272 g/mol. The maximum atomic E-state index is 11.3. The molecule has 1 N–H and O–H groups in total. The van der Waals surface area contributed by atoms with Crippen LogP contribution in [0.15, 0.2) is 18.2 Å². The van der Waals surface area contributed by atoms with Crippen LogP contribution in [0.3, 0.4) is 0 Å². The van der Waals surface area contributed by atoms with Gasteiger partial charge in [-0.1, -0.05) is 17.7 Å². The van der Waals surface area contributed by atoms with Crippen molar-refractivity contribution in [2.24, 2.45) is 0 Å². The molecule has 1 aromatic rings. The third-order valence-electron chi connectivity index (χ3n) is 2.51. The van der Waals surface area contributed by atoms with E-state index in [9.17, 15) is 9.90 Å². The van der Waals surface area contributed by atoms with Crippen molar-refractivity contribution in [3.8, 4) is 5.75 Å². The van der Waals surface area contributed by atoms with Crippen molar-refractivity contribution in [1.82, 2.24) is 4.90 Å². The van der Waals surface area contributed by atoms with Crippen molar-refractivity contribution < 1.29 is 14.6 Å². The number of ether oxygens (including phenoxy) is 1. The van der Waals surface area contributed by atoms with Gasteiger partial charge in [-0.15, -0.1) is 0 Å². The summed E-state index contributed by atoms with van der Waals surface area (Å²) in [7, 11) is 3.40. The smallest absolute Gasteiger partial charge is 0.225 e. The first-order valence-corrected chi connectivity index (χ1v) is 6.10. The molecule has 1 atom stereocenters. The Labute approximate surface area is 112 Å². The first-order valence-electron chi connectivity index (χ1n) is 5.72. The van der Waals surface area contributed by atoms with Gasteiger partial charge >= 0.3 is 0 Å². The largest absolute Gasteiger partial charge is 0.491 e. The minimum absolute atomic E-state index is 0.00623. The molecule has 0 aliphatic rings. The van der Waals surface area contributed by atoms with Crippen molar-refractivity contribution in [2.45, 2.75) is 19.4 Å². The zero-order chi connectivity index (χ0) is 13.7. The lowest BCUT2D eigenvalue weighted by atomic mass is 10.1. The Morgan fingerprint density at radius 1 is 1.50 bits per heavy atom. The van der Waals surface area contributed by atoms with Crippen LogP contribution < -0.4 is 4.74 Å². The van der Waals surface area contributed by atoms with Crippen LogP contribution in [0.5, 0.6) is 5.75 Å². The third kappa shape index (κ3) is 4.20. The van der Waals surface area contributed by atoms with E-state index in [2.05, 4.69) is 0 Å². The molecule has 0 unspecified atom stereocenters. The highest BCUT2D eigenvalue weighted by atomic mass is 35.5. The van der Waals surface area contributed by atoms with E-state index in [0.717, 1.165) is 5.56 Å². The van der Waals surface area contributed by atoms with Crippen LogP contribution in [0.25, 0.3) is 0 Å². The van der Waals surface area contributed by atoms with E-state index in [0.29, 0.717) is 17.2 Å². The van der Waals surface area contributed by atoms with E-state index >= 15 is 0 Å². The van der Waals surface area contributed by atoms with Gasteiger partial charge in [0.25, 0.3) is 0 Å². The van der Waals surface area contributed by atoms with Gasteiger partial charge in [0, 0.05) is 14.1 Å². The van der Waals surface area contributed by atoms with E-state index in [1.807, 2.05) is 0 Å². The zero-order valence-corrected chi connectivity index (χ0v) is 11.6. The van der Waals surface area contributed by atoms with E-state index in [-0.39, 0.29) is 12.5 Å². The van der Waals surface area contributed by atoms with E-state index < -0.39 is 6.10 Å². The molecule has 0 aliphatic heterocycles. The summed E-state index contributed by atoms with van der Waals surface area (Å²) in [5.74, 6) is 0.527. The van der Waals surface area contributed by atoms with Gasteiger partial charge < -0.3 is 14.7 Å². The highest BCUT2D eigenvalue weighted by molar-refractivity contribution is 6.32. The molecular formula is C13H18ClNO3. The van der Waals surface area contributed by atoms with Gasteiger partial charge in [-0.05, 0) is 24.6 Å². The predicted octanol–water partition coefficient (Wildman–Crippen LogP) is 2.25. The van der Waals surface area contributed by atoms with Crippen molar-refractivity contribution in [1.29, 1.82) is 0 Å². The number of amides is 1. The number of carbonyl (C=O) groups is 1. The Kier molecular flexibility index (Phi) is 5.44. The monoisotopic (exact) mass is 271 g/mol. The Morgan fingerprint density at radius 3 is 2.67 bits per heavy atom. The number of aliphatic hydroxyl groups is 1. The molecule has 4 nitrogen and oxygen atoms in total. The van der Waals surface area contributed by atoms with E-state index in [1.165, 1.54) is 4.90 Å². The van der Waals surface area contributed by atoms with Crippen LogP contribution in [-0.2, 0) is 4.79 Å². The topological polar surface area (TPSA) is 49.8 Å². The van der Waals surface area contributed by atoms with Crippen LogP contribution in [0, 0.1) is 0 Å². The summed E-state index contributed by atoms with van der Waals surface area (Å²) in [5, 5.41) is 9.84. The molecule has 0 heterocycles. The second-order valence-corrected chi connectivity index (χ2v) is 4.66. The van der Waals surface area contributed by atoms with Crippen molar-refractivity contribution in [3.63, 3.8) is 0 Å². The second kappa shape index (κ2) is 6.61. The van der Waals surface area contributed by atoms with Crippen molar-refractivity contribution in [3.05, 3.63) is 28.8 Å². The fourth-order valence-corrected chi connectivity index (χ4v) is 1.61. The summed E-state index contributed by atoms with van der Waals surface area (Å²) in [6, 6.07) is 5.11. The maximum Gasteiger partial charge on any atom is 0.225 e. The third-order valence-corrected chi connectivity index (χ3v) is 2.81. The molecule has 0 saturated carbocycles. The summed E-state index contributed by atoms with van der Waals surface area (Å²) in [6.45, 7) is 1.95. The lowest BCUT2D eigenvalue weighted by Gasteiger charge is -2.12. The molecule has 0 radical (unpaired) electrons. The van der Waals surface area contributed by atoms with Gasteiger partial charge in [0.1, 0.15) is 5.75 Å². The van der Waals surface area contributed by atoms with Crippen molar-refractivity contribution in [2.75, 3.05) is 20.7 Å². The fraction of sp³-hybridized carbons (Fsp3) is 0.462. The lowest BCUT2D eigenvalue weighted by molar-refractivity contribution is -0.129. The van der Waals surface area contributed by atoms with Crippen LogP contribution in [0.1, 0.15) is 25.0 Å². The molecule has 0 aromatic heterocycles. The van der Waals surface area contributed by atoms with Gasteiger partial charge in [-0.3, -0.25) is 4.79 Å². The number of hydrogen-bond donors (Lipinski definition) is 1. The van der Waals surface area contributed by atoms with Crippen LogP contribution in [0.2, 0.25) is 5.02 Å². The van der Waals surface area contributed by atoms with Gasteiger partial charge in [0.15, 0.2) is 0 Å². The zero-order valence-electron chi connectivity index (χ0n) is 10.8. The lowest BCUT2D eigenvalue weighted by Crippen LogP contribution is -2.23. The SMILES string of the molecule is C[C@H](O)c1ccc(OCCC(=O)N(C)C)c(Cl)c1. The normalized spacial score (nSPS) is 12.1. The minimum atomic E-state index is -0.563. The standard InChI is InChI=1S/C13H18ClNO3/c1-9(16)10-4-5-12(11(14)8-10)18-7-6-13(17)15(2)3/h4-5,8-9,16H,6-7H2,1-3H3/t9-/m0/s1. The molecule has 1 aromatic carbocycles. The number of nitrogens with zero attached hydrogens (tertiary/aromatic N) is 1. The molecule has 0 fully saturated rings. The predicted molar refractivity (Wildman–Crippen MR) is 70.9 cm³/mol. The molecule has 18 heavy (non-hydrogen) atoms. The van der Waals surface area contributed by atoms with Gasteiger partial charge in [0.2, 0.25) is 5.91 Å². The molecule has 0 spiro atoms. The van der Waals surface area contributed by atoms with Crippen LogP contribution in [-0.4, -0.2) is 36.6 Å². The van der Waals surface area contributed by atoms with Crippen molar-refractivity contribution >= 4 is 17.5 Å². The molecule has 0 bridgehead atoms. The summed E-state index contributed by atoms with van der Waals surface area (Å²) < 4.78 is 5.43. The van der Waals surface area contributed by atoms with Crippen LogP contribution in [0.4, 0.5) is 0 Å². The van der Waals surface area contributed by atoms with Gasteiger partial charge in [0.05, 0.1) is 24.2 Å². The number of hydrogen-bond acceptors (Lipinski definition) is 3. The Bertz CT molecular complexity index is 419. The second-order valence-electron chi connectivity index (χ2n) is 4.25. The molecule has 0 aliphatic carbocycles. The number of benzene rings is 1. The molecule has 100 valence electrons. The Balaban J connectivity index is 2.56. The number of aliphatic hydroxyl groups excluding tert-OH is 1. The average Bonchev–Trinajstić information content (AvgIpc) is 2.30. The highest BCUT2D eigenvalue weighted by Crippen LogP contribution is 2.27.